The highest BCUT2D eigenvalue weighted by atomic mass is 32.1. The molecule has 4 atom stereocenters. The van der Waals surface area contributed by atoms with Gasteiger partial charge < -0.3 is 23.9 Å². The number of H-pyrrole nitrogens is 1. The predicted octanol–water partition coefficient (Wildman–Crippen LogP) is 5.35. The van der Waals surface area contributed by atoms with Crippen LogP contribution in [0.1, 0.15) is 42.3 Å². The lowest BCUT2D eigenvalue weighted by Crippen LogP contribution is -2.39. The first kappa shape index (κ1) is 26.2. The van der Waals surface area contributed by atoms with Gasteiger partial charge in [-0.25, -0.2) is 4.98 Å². The molecular weight excluding hydrogens is 538 g/mol. The Morgan fingerprint density at radius 3 is 2.02 bits per heavy atom. The molecule has 5 aromatic rings. The van der Waals surface area contributed by atoms with E-state index in [-0.39, 0.29) is 12.2 Å². The van der Waals surface area contributed by atoms with E-state index in [2.05, 4.69) is 50.7 Å². The highest BCUT2D eigenvalue weighted by molar-refractivity contribution is 7.13. The summed E-state index contributed by atoms with van der Waals surface area (Å²) in [6.45, 7) is 4.00. The van der Waals surface area contributed by atoms with Crippen molar-refractivity contribution in [3.63, 3.8) is 0 Å². The third-order valence-corrected chi connectivity index (χ3v) is 8.56. The summed E-state index contributed by atoms with van der Waals surface area (Å²) in [5.74, 6) is -0.818. The van der Waals surface area contributed by atoms with Gasteiger partial charge in [0.25, 0.3) is 5.56 Å². The molecule has 0 radical (unpaired) electrons. The van der Waals surface area contributed by atoms with Crippen LogP contribution in [0.15, 0.2) is 102 Å². The molecule has 0 spiro atoms. The van der Waals surface area contributed by atoms with Gasteiger partial charge in [0.05, 0.1) is 12.9 Å². The van der Waals surface area contributed by atoms with E-state index >= 15 is 0 Å². The first-order valence-corrected chi connectivity index (χ1v) is 14.4. The normalized spacial score (nSPS) is 23.6. The van der Waals surface area contributed by atoms with Gasteiger partial charge in [0.1, 0.15) is 45.9 Å². The van der Waals surface area contributed by atoms with Gasteiger partial charge in [0.2, 0.25) is 0 Å². The summed E-state index contributed by atoms with van der Waals surface area (Å²) in [5, 5.41) is 0. The summed E-state index contributed by atoms with van der Waals surface area (Å²) in [6, 6.07) is 30.7. The number of aromatic nitrogens is 3. The van der Waals surface area contributed by atoms with Gasteiger partial charge in [0.15, 0.2) is 5.79 Å². The van der Waals surface area contributed by atoms with Crippen molar-refractivity contribution in [1.82, 2.24) is 14.3 Å². The maximum Gasteiger partial charge on any atom is 0.270 e. The summed E-state index contributed by atoms with van der Waals surface area (Å²) >= 11 is 1.11. The van der Waals surface area contributed by atoms with Crippen molar-refractivity contribution in [3.05, 3.63) is 130 Å². The highest BCUT2D eigenvalue weighted by Crippen LogP contribution is 2.48. The molecule has 2 fully saturated rings. The standard InChI is InChI=1S/C32H29N3O5S/c1-31(2)39-26-23(38-27(28(26)40-31)24-25-29(41-35-24)30(36)34-19-33-25)18-37-32(20-12-6-3-7-13-20,21-14-8-4-9-15-21)22-16-10-5-11-17-22/h3-17,19,23,26-28H,18H2,1-2H3,(H,33,34,36)/t23-,26-,27+,28-/m1/s1. The SMILES string of the molecule is CC1(C)O[C@@H]2[C@H](O1)[C@@H](COC(c1ccccc1)(c1ccccc1)c1ccccc1)O[C@H]2c1nsc2c(=O)[nH]cnc12. The number of fused-ring (bicyclic) bond motifs is 2. The third kappa shape index (κ3) is 4.50. The predicted molar refractivity (Wildman–Crippen MR) is 155 cm³/mol. The molecule has 9 heteroatoms. The topological polar surface area (TPSA) is 95.6 Å². The number of nitrogens with one attached hydrogen (secondary N) is 1. The lowest BCUT2D eigenvalue weighted by Gasteiger charge is -2.37. The van der Waals surface area contributed by atoms with Crippen LogP contribution in [-0.4, -0.2) is 45.0 Å². The summed E-state index contributed by atoms with van der Waals surface area (Å²) in [7, 11) is 0. The molecule has 41 heavy (non-hydrogen) atoms. The Labute approximate surface area is 241 Å². The molecule has 0 saturated carbocycles. The number of ether oxygens (including phenoxy) is 4. The zero-order valence-corrected chi connectivity index (χ0v) is 23.4. The van der Waals surface area contributed by atoms with Gasteiger partial charge in [-0.05, 0) is 42.1 Å². The minimum Gasteiger partial charge on any atom is -0.360 e. The summed E-state index contributed by atoms with van der Waals surface area (Å²) < 4.78 is 31.5. The maximum absolute atomic E-state index is 12.4. The van der Waals surface area contributed by atoms with Gasteiger partial charge in [-0.15, -0.1) is 0 Å². The van der Waals surface area contributed by atoms with Gasteiger partial charge in [-0.3, -0.25) is 4.79 Å². The fourth-order valence-corrected chi connectivity index (χ4v) is 6.76. The lowest BCUT2D eigenvalue weighted by atomic mass is 9.80. The van der Waals surface area contributed by atoms with Crippen LogP contribution in [0, 0.1) is 0 Å². The average molecular weight is 568 g/mol. The molecule has 0 unspecified atom stereocenters. The van der Waals surface area contributed by atoms with Gasteiger partial charge >= 0.3 is 0 Å². The zero-order valence-electron chi connectivity index (χ0n) is 22.6. The van der Waals surface area contributed by atoms with Crippen molar-refractivity contribution < 1.29 is 18.9 Å². The van der Waals surface area contributed by atoms with E-state index in [9.17, 15) is 4.79 Å². The van der Waals surface area contributed by atoms with E-state index in [4.69, 9.17) is 18.9 Å². The molecular formula is C32H29N3O5S. The van der Waals surface area contributed by atoms with Gasteiger partial charge in [-0.1, -0.05) is 91.0 Å². The average Bonchev–Trinajstić information content (AvgIpc) is 3.67. The smallest absolute Gasteiger partial charge is 0.270 e. The van der Waals surface area contributed by atoms with Crippen LogP contribution in [0.4, 0.5) is 0 Å². The third-order valence-electron chi connectivity index (χ3n) is 7.71. The van der Waals surface area contributed by atoms with E-state index in [1.807, 2.05) is 68.4 Å². The Morgan fingerprint density at radius 2 is 1.44 bits per heavy atom. The van der Waals surface area contributed by atoms with Crippen molar-refractivity contribution in [2.45, 2.75) is 49.7 Å². The fourth-order valence-electron chi connectivity index (χ4n) is 5.99. The van der Waals surface area contributed by atoms with E-state index in [1.54, 1.807) is 0 Å². The minimum absolute atomic E-state index is 0.214. The number of rotatable bonds is 7. The molecule has 4 heterocycles. The van der Waals surface area contributed by atoms with Crippen molar-refractivity contribution in [3.8, 4) is 0 Å². The Balaban J connectivity index is 1.29. The van der Waals surface area contributed by atoms with Crippen LogP contribution in [0.25, 0.3) is 10.2 Å². The molecule has 0 amide bonds. The molecule has 1 N–H and O–H groups in total. The first-order valence-electron chi connectivity index (χ1n) is 13.6. The molecule has 2 aromatic heterocycles. The Bertz CT molecular complexity index is 1610. The molecule has 7 rings (SSSR count). The molecule has 3 aromatic carbocycles. The summed E-state index contributed by atoms with van der Waals surface area (Å²) in [4.78, 5) is 19.4. The van der Waals surface area contributed by atoms with E-state index in [1.165, 1.54) is 6.33 Å². The number of aromatic amines is 1. The second-order valence-electron chi connectivity index (χ2n) is 10.7. The number of hydrogen-bond donors (Lipinski definition) is 1. The zero-order chi connectivity index (χ0) is 28.0. The minimum atomic E-state index is -0.905. The quantitative estimate of drug-likeness (QED) is 0.265. The lowest BCUT2D eigenvalue weighted by molar-refractivity contribution is -0.196. The number of nitrogens with zero attached hydrogens (tertiary/aromatic N) is 2. The van der Waals surface area contributed by atoms with E-state index in [0.717, 1.165) is 28.2 Å². The van der Waals surface area contributed by atoms with Crippen LogP contribution < -0.4 is 5.56 Å². The van der Waals surface area contributed by atoms with Crippen LogP contribution in [-0.2, 0) is 24.5 Å². The Morgan fingerprint density at radius 1 is 0.878 bits per heavy atom. The van der Waals surface area contributed by atoms with Gasteiger partial charge in [0, 0.05) is 0 Å². The number of hydrogen-bond acceptors (Lipinski definition) is 8. The molecule has 0 aliphatic carbocycles. The molecule has 2 aliphatic rings. The monoisotopic (exact) mass is 567 g/mol. The Hall–Kier alpha value is -3.73. The van der Waals surface area contributed by atoms with E-state index < -0.39 is 35.8 Å². The van der Waals surface area contributed by atoms with Crippen LogP contribution in [0.5, 0.6) is 0 Å². The van der Waals surface area contributed by atoms with Gasteiger partial charge in [-0.2, -0.15) is 4.37 Å². The fraction of sp³-hybridized carbons (Fsp3) is 0.281. The largest absolute Gasteiger partial charge is 0.360 e. The molecule has 2 aliphatic heterocycles. The second kappa shape index (κ2) is 10.3. The molecule has 0 bridgehead atoms. The van der Waals surface area contributed by atoms with Crippen LogP contribution in [0.3, 0.4) is 0 Å². The number of benzene rings is 3. The molecule has 208 valence electrons. The maximum atomic E-state index is 12.4. The van der Waals surface area contributed by atoms with Crippen LogP contribution >= 0.6 is 11.5 Å². The molecule has 8 nitrogen and oxygen atoms in total. The van der Waals surface area contributed by atoms with Crippen molar-refractivity contribution in [1.29, 1.82) is 0 Å². The van der Waals surface area contributed by atoms with Crippen LogP contribution in [0.2, 0.25) is 0 Å². The second-order valence-corrected chi connectivity index (χ2v) is 11.5. The summed E-state index contributed by atoms with van der Waals surface area (Å²) in [5.41, 5.74) is 2.97. The molecule has 2 saturated heterocycles. The van der Waals surface area contributed by atoms with Crippen molar-refractivity contribution in [2.24, 2.45) is 0 Å². The van der Waals surface area contributed by atoms with Crippen molar-refractivity contribution in [2.75, 3.05) is 6.61 Å². The Kier molecular flexibility index (Phi) is 6.56. The van der Waals surface area contributed by atoms with Crippen molar-refractivity contribution >= 4 is 21.7 Å². The first-order chi connectivity index (χ1) is 20.0. The summed E-state index contributed by atoms with van der Waals surface area (Å²) in [6.07, 6.45) is -0.503. The van der Waals surface area contributed by atoms with E-state index in [0.29, 0.717) is 15.9 Å². The highest BCUT2D eigenvalue weighted by Gasteiger charge is 2.57.